The van der Waals surface area contributed by atoms with Gasteiger partial charge in [0.2, 0.25) is 0 Å². The van der Waals surface area contributed by atoms with Gasteiger partial charge in [0.15, 0.2) is 0 Å². The third-order valence-corrected chi connectivity index (χ3v) is 3.95. The topological polar surface area (TPSA) is 51.4 Å². The van der Waals surface area contributed by atoms with Crippen LogP contribution in [0.2, 0.25) is 0 Å². The molecule has 0 saturated carbocycles. The predicted molar refractivity (Wildman–Crippen MR) is 81.7 cm³/mol. The van der Waals surface area contributed by atoms with E-state index in [2.05, 4.69) is 16.8 Å². The van der Waals surface area contributed by atoms with Gasteiger partial charge in [0.05, 0.1) is 11.2 Å². The molecule has 1 aromatic heterocycles. The molecule has 1 fully saturated rings. The smallest absolute Gasteiger partial charge is 0.139 e. The van der Waals surface area contributed by atoms with E-state index < -0.39 is 0 Å². The summed E-state index contributed by atoms with van der Waals surface area (Å²) in [4.78, 5) is 7.25. The van der Waals surface area contributed by atoms with Crippen LogP contribution < -0.4 is 10.6 Å². The highest BCUT2D eigenvalue weighted by atomic mass is 32.1. The predicted octanol–water partition coefficient (Wildman–Crippen LogP) is 2.03. The summed E-state index contributed by atoms with van der Waals surface area (Å²) >= 11 is 5.13. The van der Waals surface area contributed by atoms with Crippen LogP contribution in [0.3, 0.4) is 0 Å². The molecule has 1 aromatic rings. The normalized spacial score (nSPS) is 23.4. The number of hydrogen-bond donors (Lipinski definition) is 1. The number of hydrogen-bond acceptors (Lipinski definition) is 4. The Labute approximate surface area is 120 Å². The van der Waals surface area contributed by atoms with E-state index in [1.54, 1.807) is 7.11 Å². The van der Waals surface area contributed by atoms with E-state index in [4.69, 9.17) is 22.7 Å². The summed E-state index contributed by atoms with van der Waals surface area (Å²) in [5, 5.41) is 0. The fourth-order valence-electron chi connectivity index (χ4n) is 2.53. The molecule has 0 aliphatic carbocycles. The van der Waals surface area contributed by atoms with Gasteiger partial charge in [-0.1, -0.05) is 12.2 Å². The fraction of sp³-hybridized carbons (Fsp3) is 0.571. The highest BCUT2D eigenvalue weighted by Gasteiger charge is 2.32. The molecule has 0 radical (unpaired) electrons. The molecule has 19 heavy (non-hydrogen) atoms. The Hall–Kier alpha value is -1.20. The summed E-state index contributed by atoms with van der Waals surface area (Å²) in [5.74, 6) is 0.885. The zero-order chi connectivity index (χ0) is 14.0. The van der Waals surface area contributed by atoms with E-state index in [1.165, 1.54) is 0 Å². The van der Waals surface area contributed by atoms with Crippen LogP contribution in [-0.2, 0) is 4.74 Å². The number of ether oxygens (including phenoxy) is 1. The minimum absolute atomic E-state index is 0.128. The molecule has 2 rings (SSSR count). The zero-order valence-corrected chi connectivity index (χ0v) is 12.6. The van der Waals surface area contributed by atoms with Crippen LogP contribution in [-0.4, -0.2) is 35.8 Å². The third-order valence-electron chi connectivity index (χ3n) is 3.73. The molecule has 1 aliphatic heterocycles. The highest BCUT2D eigenvalue weighted by molar-refractivity contribution is 7.80. The maximum absolute atomic E-state index is 5.80. The third kappa shape index (κ3) is 3.04. The van der Waals surface area contributed by atoms with Crippen LogP contribution in [0.5, 0.6) is 0 Å². The van der Waals surface area contributed by atoms with Gasteiger partial charge < -0.3 is 15.4 Å². The number of aryl methyl sites for hydroxylation is 1. The van der Waals surface area contributed by atoms with Gasteiger partial charge in [0.1, 0.15) is 10.8 Å². The average Bonchev–Trinajstić information content (AvgIpc) is 2.38. The molecule has 1 atom stereocenters. The Morgan fingerprint density at radius 2 is 2.26 bits per heavy atom. The van der Waals surface area contributed by atoms with Gasteiger partial charge >= 0.3 is 0 Å². The Kier molecular flexibility index (Phi) is 4.06. The summed E-state index contributed by atoms with van der Waals surface area (Å²) in [5.41, 5.74) is 7.50. The van der Waals surface area contributed by atoms with Crippen LogP contribution in [0.1, 0.15) is 31.0 Å². The van der Waals surface area contributed by atoms with Crippen molar-refractivity contribution in [3.63, 3.8) is 0 Å². The first-order valence-electron chi connectivity index (χ1n) is 6.53. The van der Waals surface area contributed by atoms with Crippen molar-refractivity contribution >= 4 is 23.0 Å². The van der Waals surface area contributed by atoms with Gasteiger partial charge in [-0.15, -0.1) is 0 Å². The van der Waals surface area contributed by atoms with Gasteiger partial charge in [-0.2, -0.15) is 0 Å². The standard InChI is InChI=1S/C14H21N3OS/c1-10-5-6-11(12(15)19)13(16-10)17-8-4-7-14(2,9-17)18-3/h5-6H,4,7-9H2,1-3H3,(H2,15,19). The van der Waals surface area contributed by atoms with E-state index in [1.807, 2.05) is 19.1 Å². The van der Waals surface area contributed by atoms with Crippen molar-refractivity contribution in [1.82, 2.24) is 4.98 Å². The van der Waals surface area contributed by atoms with Crippen molar-refractivity contribution in [2.45, 2.75) is 32.3 Å². The van der Waals surface area contributed by atoms with Gasteiger partial charge in [-0.25, -0.2) is 4.98 Å². The first kappa shape index (κ1) is 14.2. The zero-order valence-electron chi connectivity index (χ0n) is 11.8. The molecule has 0 bridgehead atoms. The van der Waals surface area contributed by atoms with E-state index in [0.717, 1.165) is 43.0 Å². The lowest BCUT2D eigenvalue weighted by Gasteiger charge is -2.40. The van der Waals surface area contributed by atoms with E-state index in [0.29, 0.717) is 4.99 Å². The van der Waals surface area contributed by atoms with Gasteiger partial charge in [-0.3, -0.25) is 0 Å². The van der Waals surface area contributed by atoms with Crippen molar-refractivity contribution in [3.05, 3.63) is 23.4 Å². The second-order valence-corrected chi connectivity index (χ2v) is 5.81. The Morgan fingerprint density at radius 3 is 2.89 bits per heavy atom. The molecule has 5 heteroatoms. The van der Waals surface area contributed by atoms with Gasteiger partial charge in [-0.05, 0) is 38.8 Å². The van der Waals surface area contributed by atoms with Crippen molar-refractivity contribution < 1.29 is 4.74 Å². The molecule has 2 N–H and O–H groups in total. The summed E-state index contributed by atoms with van der Waals surface area (Å²) in [6.07, 6.45) is 2.14. The van der Waals surface area contributed by atoms with Crippen LogP contribution in [0.4, 0.5) is 5.82 Å². The summed E-state index contributed by atoms with van der Waals surface area (Å²) in [6, 6.07) is 3.90. The monoisotopic (exact) mass is 279 g/mol. The summed E-state index contributed by atoms with van der Waals surface area (Å²) in [6.45, 7) is 5.89. The Morgan fingerprint density at radius 1 is 1.53 bits per heavy atom. The first-order valence-corrected chi connectivity index (χ1v) is 6.93. The SMILES string of the molecule is COC1(C)CCCN(c2nc(C)ccc2C(N)=S)C1. The first-order chi connectivity index (χ1) is 8.95. The number of methoxy groups -OCH3 is 1. The quantitative estimate of drug-likeness (QED) is 0.858. The summed E-state index contributed by atoms with van der Waals surface area (Å²) < 4.78 is 5.63. The molecular weight excluding hydrogens is 258 g/mol. The number of anilines is 1. The number of aromatic nitrogens is 1. The second-order valence-electron chi connectivity index (χ2n) is 5.37. The molecular formula is C14H21N3OS. The molecule has 104 valence electrons. The highest BCUT2D eigenvalue weighted by Crippen LogP contribution is 2.29. The molecule has 4 nitrogen and oxygen atoms in total. The molecule has 2 heterocycles. The molecule has 0 aromatic carbocycles. The van der Waals surface area contributed by atoms with Crippen molar-refractivity contribution in [2.75, 3.05) is 25.1 Å². The fourth-order valence-corrected chi connectivity index (χ4v) is 2.69. The molecule has 0 amide bonds. The lowest BCUT2D eigenvalue weighted by atomic mass is 9.94. The van der Waals surface area contributed by atoms with Crippen LogP contribution in [0.15, 0.2) is 12.1 Å². The van der Waals surface area contributed by atoms with E-state index in [-0.39, 0.29) is 5.60 Å². The lowest BCUT2D eigenvalue weighted by Crippen LogP contribution is -2.48. The number of rotatable bonds is 3. The second kappa shape index (κ2) is 5.43. The molecule has 1 unspecified atom stereocenters. The number of pyridine rings is 1. The molecule has 0 spiro atoms. The number of thiocarbonyl (C=S) groups is 1. The average molecular weight is 279 g/mol. The van der Waals surface area contributed by atoms with Crippen molar-refractivity contribution in [2.24, 2.45) is 5.73 Å². The Balaban J connectivity index is 2.35. The van der Waals surface area contributed by atoms with Crippen molar-refractivity contribution in [3.8, 4) is 0 Å². The van der Waals surface area contributed by atoms with E-state index >= 15 is 0 Å². The lowest BCUT2D eigenvalue weighted by molar-refractivity contribution is -0.00482. The summed E-state index contributed by atoms with van der Waals surface area (Å²) in [7, 11) is 1.77. The van der Waals surface area contributed by atoms with Crippen LogP contribution in [0.25, 0.3) is 0 Å². The maximum Gasteiger partial charge on any atom is 0.139 e. The maximum atomic E-state index is 5.80. The minimum atomic E-state index is -0.128. The van der Waals surface area contributed by atoms with Crippen molar-refractivity contribution in [1.29, 1.82) is 0 Å². The number of nitrogens with two attached hydrogens (primary N) is 1. The number of piperidine rings is 1. The number of nitrogens with zero attached hydrogens (tertiary/aromatic N) is 2. The van der Waals surface area contributed by atoms with E-state index in [9.17, 15) is 0 Å². The van der Waals surface area contributed by atoms with Gasteiger partial charge in [0.25, 0.3) is 0 Å². The minimum Gasteiger partial charge on any atom is -0.389 e. The van der Waals surface area contributed by atoms with Gasteiger partial charge in [0, 0.05) is 25.9 Å². The largest absolute Gasteiger partial charge is 0.389 e. The Bertz CT molecular complexity index is 492. The molecule has 1 saturated heterocycles. The van der Waals surface area contributed by atoms with Crippen LogP contribution >= 0.6 is 12.2 Å². The van der Waals surface area contributed by atoms with Crippen LogP contribution in [0, 0.1) is 6.92 Å². The molecule has 1 aliphatic rings.